The molecule has 41 heavy (non-hydrogen) atoms. The summed E-state index contributed by atoms with van der Waals surface area (Å²) >= 11 is 0. The molecule has 0 atom stereocenters. The number of methoxy groups -OCH3 is 1. The minimum absolute atomic E-state index is 0.0717. The van der Waals surface area contributed by atoms with Crippen molar-refractivity contribution in [2.75, 3.05) is 7.11 Å². The summed E-state index contributed by atoms with van der Waals surface area (Å²) in [6, 6.07) is 38.4. The van der Waals surface area contributed by atoms with Crippen molar-refractivity contribution in [2.24, 2.45) is 0 Å². The highest BCUT2D eigenvalue weighted by Crippen LogP contribution is 2.53. The number of ether oxygens (including phenoxy) is 1. The van der Waals surface area contributed by atoms with Crippen LogP contribution in [0, 0.1) is 6.92 Å². The van der Waals surface area contributed by atoms with Crippen molar-refractivity contribution >= 4 is 48.9 Å². The molecule has 1 aliphatic rings. The fourth-order valence-corrected chi connectivity index (χ4v) is 7.77. The molecule has 2 aromatic heterocycles. The van der Waals surface area contributed by atoms with Crippen molar-refractivity contribution in [1.29, 1.82) is 0 Å². The second-order valence-electron chi connectivity index (χ2n) is 12.2. The van der Waals surface area contributed by atoms with E-state index < -0.39 is 0 Å². The first-order valence-electron chi connectivity index (χ1n) is 14.4. The highest BCUT2D eigenvalue weighted by molar-refractivity contribution is 6.26. The lowest BCUT2D eigenvalue weighted by atomic mass is 9.80. The van der Waals surface area contributed by atoms with Gasteiger partial charge in [-0.1, -0.05) is 86.1 Å². The summed E-state index contributed by atoms with van der Waals surface area (Å²) in [6.07, 6.45) is 0. The maximum absolute atomic E-state index is 5.97. The molecule has 0 aliphatic heterocycles. The zero-order chi connectivity index (χ0) is 27.6. The van der Waals surface area contributed by atoms with E-state index in [4.69, 9.17) is 4.74 Å². The van der Waals surface area contributed by atoms with Gasteiger partial charge in [-0.15, -0.1) is 0 Å². The minimum Gasteiger partial charge on any atom is -0.496 e. The molecule has 0 bridgehead atoms. The number of benzene rings is 6. The number of aryl methyl sites for hydroxylation is 1. The van der Waals surface area contributed by atoms with E-state index in [0.29, 0.717) is 0 Å². The highest BCUT2D eigenvalue weighted by atomic mass is 16.5. The molecule has 0 N–H and O–H groups in total. The SMILES string of the molecule is COc1ccc2c3cc4ccc5c(c4cc3n3c4ccc(-c6ccccc6)cc4c1c23)C(C)(C)c1cc(C)ccc1-5. The summed E-state index contributed by atoms with van der Waals surface area (Å²) in [5.74, 6) is 0.919. The van der Waals surface area contributed by atoms with Crippen LogP contribution < -0.4 is 4.74 Å². The molecule has 2 heterocycles. The third kappa shape index (κ3) is 2.82. The molecule has 0 radical (unpaired) electrons. The van der Waals surface area contributed by atoms with E-state index in [1.54, 1.807) is 7.11 Å². The van der Waals surface area contributed by atoms with Gasteiger partial charge in [0.1, 0.15) is 5.75 Å². The van der Waals surface area contributed by atoms with Crippen LogP contribution in [-0.4, -0.2) is 11.5 Å². The average molecular weight is 528 g/mol. The zero-order valence-corrected chi connectivity index (χ0v) is 23.7. The van der Waals surface area contributed by atoms with Gasteiger partial charge in [0.05, 0.1) is 29.0 Å². The molecular weight excluding hydrogens is 498 g/mol. The van der Waals surface area contributed by atoms with Crippen molar-refractivity contribution in [2.45, 2.75) is 26.2 Å². The van der Waals surface area contributed by atoms with Gasteiger partial charge < -0.3 is 9.14 Å². The predicted molar refractivity (Wildman–Crippen MR) is 173 cm³/mol. The Labute approximate surface area is 238 Å². The molecule has 0 fully saturated rings. The normalized spacial score (nSPS) is 14.0. The third-order valence-electron chi connectivity index (χ3n) is 9.63. The van der Waals surface area contributed by atoms with Crippen LogP contribution in [-0.2, 0) is 5.41 Å². The smallest absolute Gasteiger partial charge is 0.128 e. The van der Waals surface area contributed by atoms with Crippen LogP contribution in [0.4, 0.5) is 0 Å². The lowest BCUT2D eigenvalue weighted by Gasteiger charge is -2.23. The third-order valence-corrected chi connectivity index (χ3v) is 9.63. The molecule has 0 spiro atoms. The van der Waals surface area contributed by atoms with Gasteiger partial charge in [-0.2, -0.15) is 0 Å². The molecule has 6 aromatic carbocycles. The molecule has 0 saturated carbocycles. The monoisotopic (exact) mass is 527 g/mol. The summed E-state index contributed by atoms with van der Waals surface area (Å²) in [6.45, 7) is 6.97. The fourth-order valence-electron chi connectivity index (χ4n) is 7.77. The first-order valence-corrected chi connectivity index (χ1v) is 14.4. The number of rotatable bonds is 2. The maximum atomic E-state index is 5.97. The molecule has 2 nitrogen and oxygen atoms in total. The second-order valence-corrected chi connectivity index (χ2v) is 12.2. The Hall–Kier alpha value is -4.82. The summed E-state index contributed by atoms with van der Waals surface area (Å²) < 4.78 is 8.45. The average Bonchev–Trinajstić information content (AvgIpc) is 3.58. The molecule has 1 aliphatic carbocycles. The minimum atomic E-state index is -0.0717. The van der Waals surface area contributed by atoms with Crippen molar-refractivity contribution in [1.82, 2.24) is 4.40 Å². The Bertz CT molecular complexity index is 2370. The molecule has 0 amide bonds. The van der Waals surface area contributed by atoms with Crippen molar-refractivity contribution < 1.29 is 4.74 Å². The van der Waals surface area contributed by atoms with Gasteiger partial charge >= 0.3 is 0 Å². The van der Waals surface area contributed by atoms with Crippen LogP contribution in [0.5, 0.6) is 5.75 Å². The summed E-state index contributed by atoms with van der Waals surface area (Å²) in [7, 11) is 1.78. The van der Waals surface area contributed by atoms with Gasteiger partial charge in [0.25, 0.3) is 0 Å². The lowest BCUT2D eigenvalue weighted by Crippen LogP contribution is -2.15. The quantitative estimate of drug-likeness (QED) is 0.218. The Morgan fingerprint density at radius 2 is 1.46 bits per heavy atom. The number of aromatic nitrogens is 1. The topological polar surface area (TPSA) is 13.6 Å². The molecule has 8 aromatic rings. The van der Waals surface area contributed by atoms with Gasteiger partial charge in [-0.05, 0) is 87.5 Å². The Morgan fingerprint density at radius 1 is 0.634 bits per heavy atom. The molecule has 2 heteroatoms. The predicted octanol–water partition coefficient (Wildman–Crippen LogP) is 10.3. The lowest BCUT2D eigenvalue weighted by molar-refractivity contribution is 0.420. The van der Waals surface area contributed by atoms with Crippen LogP contribution in [0.3, 0.4) is 0 Å². The van der Waals surface area contributed by atoms with Gasteiger partial charge in [-0.3, -0.25) is 0 Å². The number of hydrogen-bond acceptors (Lipinski definition) is 1. The van der Waals surface area contributed by atoms with E-state index in [-0.39, 0.29) is 5.41 Å². The van der Waals surface area contributed by atoms with E-state index in [0.717, 1.165) is 5.75 Å². The Balaban J connectivity index is 1.42. The van der Waals surface area contributed by atoms with Crippen LogP contribution >= 0.6 is 0 Å². The van der Waals surface area contributed by atoms with Gasteiger partial charge in [-0.25, -0.2) is 0 Å². The van der Waals surface area contributed by atoms with Gasteiger partial charge in [0, 0.05) is 21.6 Å². The molecular formula is C39H29NO. The van der Waals surface area contributed by atoms with Crippen molar-refractivity contribution in [3.63, 3.8) is 0 Å². The molecule has 196 valence electrons. The molecule has 0 saturated heterocycles. The van der Waals surface area contributed by atoms with Crippen molar-refractivity contribution in [3.8, 4) is 28.0 Å². The van der Waals surface area contributed by atoms with Gasteiger partial charge in [0.2, 0.25) is 0 Å². The Morgan fingerprint density at radius 3 is 2.29 bits per heavy atom. The van der Waals surface area contributed by atoms with E-state index in [1.807, 2.05) is 0 Å². The summed E-state index contributed by atoms with van der Waals surface area (Å²) in [5, 5.41) is 7.62. The molecule has 0 unspecified atom stereocenters. The summed E-state index contributed by atoms with van der Waals surface area (Å²) in [4.78, 5) is 0. The van der Waals surface area contributed by atoms with E-state index >= 15 is 0 Å². The van der Waals surface area contributed by atoms with E-state index in [1.165, 1.54) is 87.8 Å². The van der Waals surface area contributed by atoms with E-state index in [9.17, 15) is 0 Å². The first kappa shape index (κ1) is 22.9. The zero-order valence-electron chi connectivity index (χ0n) is 23.7. The maximum Gasteiger partial charge on any atom is 0.128 e. The largest absolute Gasteiger partial charge is 0.496 e. The highest BCUT2D eigenvalue weighted by Gasteiger charge is 2.37. The fraction of sp³-hybridized carbons (Fsp3) is 0.128. The Kier molecular flexibility index (Phi) is 4.29. The van der Waals surface area contributed by atoms with Crippen LogP contribution in [0.1, 0.15) is 30.5 Å². The van der Waals surface area contributed by atoms with E-state index in [2.05, 4.69) is 128 Å². The molecule has 9 rings (SSSR count). The standard InChI is InChI=1S/C39H29NO/c1-22-10-13-26-27-14-11-25-20-30-28-15-17-35(41-4)36-31-19-24(23-8-6-5-7-9-23)12-16-33(31)40(38(28)36)34(30)21-29(25)37(27)39(2,3)32(26)18-22/h5-21H,1-4H3. The van der Waals surface area contributed by atoms with Crippen LogP contribution in [0.2, 0.25) is 0 Å². The van der Waals surface area contributed by atoms with Gasteiger partial charge in [0.15, 0.2) is 0 Å². The van der Waals surface area contributed by atoms with Crippen LogP contribution in [0.15, 0.2) is 103 Å². The number of nitrogens with zero attached hydrogens (tertiary/aromatic N) is 1. The number of fused-ring (bicyclic) bond motifs is 11. The first-order chi connectivity index (χ1) is 20.0. The second kappa shape index (κ2) is 7.67. The van der Waals surface area contributed by atoms with Crippen LogP contribution in [0.25, 0.3) is 71.1 Å². The summed E-state index contributed by atoms with van der Waals surface area (Å²) in [5.41, 5.74) is 13.0. The van der Waals surface area contributed by atoms with Crippen molar-refractivity contribution in [3.05, 3.63) is 120 Å². The number of hydrogen-bond donors (Lipinski definition) is 0.